The number of hydrogen-bond acceptors (Lipinski definition) is 5. The topological polar surface area (TPSA) is 68.0 Å². The second-order valence-electron chi connectivity index (χ2n) is 5.30. The van der Waals surface area contributed by atoms with Crippen LogP contribution in [0.5, 0.6) is 11.5 Å². The zero-order valence-electron chi connectivity index (χ0n) is 12.5. The number of nitrogens with zero attached hydrogens (tertiary/aromatic N) is 3. The molecule has 1 fully saturated rings. The van der Waals surface area contributed by atoms with Gasteiger partial charge in [0.05, 0.1) is 13.2 Å². The zero-order chi connectivity index (χ0) is 15.4. The van der Waals surface area contributed by atoms with E-state index in [1.807, 2.05) is 24.3 Å². The fourth-order valence-electron chi connectivity index (χ4n) is 2.67. The highest BCUT2D eigenvalue weighted by molar-refractivity contribution is 5.65. The number of methoxy groups -OCH3 is 1. The lowest BCUT2D eigenvalue weighted by atomic mass is 10.1. The molecule has 0 N–H and O–H groups in total. The molecule has 1 aromatic carbocycles. The van der Waals surface area contributed by atoms with Gasteiger partial charge in [0.25, 0.3) is 0 Å². The summed E-state index contributed by atoms with van der Waals surface area (Å²) < 4.78 is 11.5. The highest BCUT2D eigenvalue weighted by Gasteiger charge is 2.18. The minimum atomic E-state index is 0.166. The van der Waals surface area contributed by atoms with Gasteiger partial charge in [0, 0.05) is 18.0 Å². The number of hydrogen-bond donors (Lipinski definition) is 0. The van der Waals surface area contributed by atoms with E-state index in [0.29, 0.717) is 0 Å². The van der Waals surface area contributed by atoms with Gasteiger partial charge in [0.15, 0.2) is 11.5 Å². The van der Waals surface area contributed by atoms with Crippen LogP contribution in [0, 0.1) is 11.3 Å². The van der Waals surface area contributed by atoms with Crippen molar-refractivity contribution in [2.24, 2.45) is 0 Å². The normalized spacial score (nSPS) is 14.5. The zero-order valence-corrected chi connectivity index (χ0v) is 12.5. The highest BCUT2D eigenvalue weighted by atomic mass is 16.5. The van der Waals surface area contributed by atoms with Crippen molar-refractivity contribution in [1.82, 2.24) is 9.97 Å². The first-order chi connectivity index (χ1) is 10.8. The first-order valence-electron chi connectivity index (χ1n) is 7.37. The summed E-state index contributed by atoms with van der Waals surface area (Å²) in [7, 11) is 1.64. The van der Waals surface area contributed by atoms with E-state index >= 15 is 0 Å². The Kier molecular flexibility index (Phi) is 4.19. The average molecular weight is 295 g/mol. The standard InChI is InChI=1S/C17H17N3O2/c1-21-15-7-6-12(13-10-19-17(9-18)20-11-13)8-16(15)22-14-4-2-3-5-14/h6-8,10-11,14H,2-5H2,1H3. The van der Waals surface area contributed by atoms with Crippen LogP contribution in [0.15, 0.2) is 30.6 Å². The van der Waals surface area contributed by atoms with Crippen molar-refractivity contribution in [3.8, 4) is 28.7 Å². The van der Waals surface area contributed by atoms with Crippen LogP contribution < -0.4 is 9.47 Å². The Bertz CT molecular complexity index is 686. The molecule has 0 unspecified atom stereocenters. The molecule has 1 aromatic heterocycles. The predicted molar refractivity (Wildman–Crippen MR) is 81.6 cm³/mol. The van der Waals surface area contributed by atoms with Gasteiger partial charge < -0.3 is 9.47 Å². The molecule has 2 aromatic rings. The summed E-state index contributed by atoms with van der Waals surface area (Å²) in [4.78, 5) is 8.01. The molecule has 0 saturated heterocycles. The third-order valence-electron chi connectivity index (χ3n) is 3.84. The Morgan fingerprint density at radius 3 is 2.45 bits per heavy atom. The molecule has 1 heterocycles. The predicted octanol–water partition coefficient (Wildman–Crippen LogP) is 3.35. The van der Waals surface area contributed by atoms with E-state index < -0.39 is 0 Å². The van der Waals surface area contributed by atoms with Crippen LogP contribution >= 0.6 is 0 Å². The van der Waals surface area contributed by atoms with Gasteiger partial charge in [-0.3, -0.25) is 0 Å². The number of nitriles is 1. The Hall–Kier alpha value is -2.61. The SMILES string of the molecule is COc1ccc(-c2cnc(C#N)nc2)cc1OC1CCCC1. The molecule has 22 heavy (non-hydrogen) atoms. The molecule has 0 bridgehead atoms. The second kappa shape index (κ2) is 6.44. The number of aromatic nitrogens is 2. The van der Waals surface area contributed by atoms with Crippen LogP contribution in [0.3, 0.4) is 0 Å². The molecule has 0 spiro atoms. The van der Waals surface area contributed by atoms with Crippen molar-refractivity contribution in [1.29, 1.82) is 5.26 Å². The molecule has 0 atom stereocenters. The van der Waals surface area contributed by atoms with Gasteiger partial charge in [-0.1, -0.05) is 6.07 Å². The summed E-state index contributed by atoms with van der Waals surface area (Å²) in [6.45, 7) is 0. The number of rotatable bonds is 4. The molecule has 1 aliphatic carbocycles. The summed E-state index contributed by atoms with van der Waals surface area (Å²) >= 11 is 0. The Balaban J connectivity index is 1.89. The largest absolute Gasteiger partial charge is 0.493 e. The second-order valence-corrected chi connectivity index (χ2v) is 5.30. The van der Waals surface area contributed by atoms with E-state index in [9.17, 15) is 0 Å². The van der Waals surface area contributed by atoms with Crippen LogP contribution in [0.1, 0.15) is 31.5 Å². The molecule has 0 amide bonds. The van der Waals surface area contributed by atoms with E-state index in [1.165, 1.54) is 12.8 Å². The van der Waals surface area contributed by atoms with Crippen LogP contribution in [-0.4, -0.2) is 23.2 Å². The molecule has 5 nitrogen and oxygen atoms in total. The van der Waals surface area contributed by atoms with Crippen LogP contribution in [0.2, 0.25) is 0 Å². The van der Waals surface area contributed by atoms with E-state index in [2.05, 4.69) is 9.97 Å². The third kappa shape index (κ3) is 3.01. The van der Waals surface area contributed by atoms with Crippen molar-refractivity contribution in [2.75, 3.05) is 7.11 Å². The van der Waals surface area contributed by atoms with Gasteiger partial charge in [0.2, 0.25) is 5.82 Å². The average Bonchev–Trinajstić information content (AvgIpc) is 3.08. The maximum Gasteiger partial charge on any atom is 0.232 e. The summed E-state index contributed by atoms with van der Waals surface area (Å²) in [5.41, 5.74) is 1.79. The Morgan fingerprint density at radius 2 is 1.82 bits per heavy atom. The monoisotopic (exact) mass is 295 g/mol. The van der Waals surface area contributed by atoms with Gasteiger partial charge in [0.1, 0.15) is 6.07 Å². The summed E-state index contributed by atoms with van der Waals surface area (Å²) in [5.74, 6) is 1.64. The van der Waals surface area contributed by atoms with Crippen molar-refractivity contribution < 1.29 is 9.47 Å². The maximum atomic E-state index is 8.76. The van der Waals surface area contributed by atoms with Crippen LogP contribution in [0.25, 0.3) is 11.1 Å². The van der Waals surface area contributed by atoms with Crippen molar-refractivity contribution in [3.05, 3.63) is 36.4 Å². The number of benzene rings is 1. The summed E-state index contributed by atoms with van der Waals surface area (Å²) in [5, 5.41) is 8.76. The molecular formula is C17H17N3O2. The van der Waals surface area contributed by atoms with Gasteiger partial charge >= 0.3 is 0 Å². The van der Waals surface area contributed by atoms with Gasteiger partial charge in [-0.25, -0.2) is 9.97 Å². The van der Waals surface area contributed by atoms with Crippen molar-refractivity contribution >= 4 is 0 Å². The molecule has 1 aliphatic rings. The van der Waals surface area contributed by atoms with E-state index in [4.69, 9.17) is 14.7 Å². The molecule has 0 aliphatic heterocycles. The van der Waals surface area contributed by atoms with Crippen LogP contribution in [-0.2, 0) is 0 Å². The van der Waals surface area contributed by atoms with E-state index in [-0.39, 0.29) is 11.9 Å². The first-order valence-corrected chi connectivity index (χ1v) is 7.37. The van der Waals surface area contributed by atoms with Crippen LogP contribution in [0.4, 0.5) is 0 Å². The third-order valence-corrected chi connectivity index (χ3v) is 3.84. The molecule has 0 radical (unpaired) electrons. The quantitative estimate of drug-likeness (QED) is 0.865. The lowest BCUT2D eigenvalue weighted by Crippen LogP contribution is -2.11. The molecule has 5 heteroatoms. The molecule has 1 saturated carbocycles. The highest BCUT2D eigenvalue weighted by Crippen LogP contribution is 2.35. The fraction of sp³-hybridized carbons (Fsp3) is 0.353. The lowest BCUT2D eigenvalue weighted by Gasteiger charge is -2.16. The van der Waals surface area contributed by atoms with Crippen molar-refractivity contribution in [2.45, 2.75) is 31.8 Å². The Morgan fingerprint density at radius 1 is 1.09 bits per heavy atom. The van der Waals surface area contributed by atoms with Gasteiger partial charge in [-0.15, -0.1) is 0 Å². The number of ether oxygens (including phenoxy) is 2. The molecular weight excluding hydrogens is 278 g/mol. The molecule has 3 rings (SSSR count). The van der Waals surface area contributed by atoms with E-state index in [1.54, 1.807) is 19.5 Å². The molecule has 112 valence electrons. The van der Waals surface area contributed by atoms with Gasteiger partial charge in [-0.05, 0) is 43.4 Å². The minimum absolute atomic E-state index is 0.166. The van der Waals surface area contributed by atoms with Gasteiger partial charge in [-0.2, -0.15) is 5.26 Å². The maximum absolute atomic E-state index is 8.76. The van der Waals surface area contributed by atoms with Crippen molar-refractivity contribution in [3.63, 3.8) is 0 Å². The smallest absolute Gasteiger partial charge is 0.232 e. The van der Waals surface area contributed by atoms with E-state index in [0.717, 1.165) is 35.5 Å². The fourth-order valence-corrected chi connectivity index (χ4v) is 2.67. The lowest BCUT2D eigenvalue weighted by molar-refractivity contribution is 0.201. The Labute approximate surface area is 129 Å². The summed E-state index contributed by atoms with van der Waals surface area (Å²) in [6.07, 6.45) is 8.17. The first kappa shape index (κ1) is 14.3. The summed E-state index contributed by atoms with van der Waals surface area (Å²) in [6, 6.07) is 7.69. The minimum Gasteiger partial charge on any atom is -0.493 e.